The number of ether oxygens (including phenoxy) is 1. The van der Waals surface area contributed by atoms with Crippen LogP contribution in [0.1, 0.15) is 35.3 Å². The van der Waals surface area contributed by atoms with Crippen molar-refractivity contribution in [2.45, 2.75) is 19.4 Å². The van der Waals surface area contributed by atoms with Crippen molar-refractivity contribution in [3.63, 3.8) is 0 Å². The molecule has 2 aromatic carbocycles. The van der Waals surface area contributed by atoms with Gasteiger partial charge in [-0.2, -0.15) is 0 Å². The van der Waals surface area contributed by atoms with E-state index >= 15 is 0 Å². The highest BCUT2D eigenvalue weighted by molar-refractivity contribution is 6.42. The van der Waals surface area contributed by atoms with E-state index in [0.29, 0.717) is 65.2 Å². The Bertz CT molecular complexity index is 1250. The smallest absolute Gasteiger partial charge is 0.338 e. The highest BCUT2D eigenvalue weighted by Crippen LogP contribution is 2.37. The van der Waals surface area contributed by atoms with Crippen LogP contribution in [-0.4, -0.2) is 79.0 Å². The van der Waals surface area contributed by atoms with E-state index in [1.165, 1.54) is 4.90 Å². The summed E-state index contributed by atoms with van der Waals surface area (Å²) in [6.07, 6.45) is 0.737. The number of nitrogens with zero attached hydrogens (tertiary/aromatic N) is 3. The van der Waals surface area contributed by atoms with Crippen molar-refractivity contribution in [3.05, 3.63) is 79.9 Å². The van der Waals surface area contributed by atoms with E-state index in [-0.39, 0.29) is 23.6 Å². The lowest BCUT2D eigenvalue weighted by molar-refractivity contribution is -0.139. The average molecular weight is 580 g/mol. The molecule has 2 heterocycles. The fraction of sp³-hybridized carbons (Fsp3) is 0.370. The monoisotopic (exact) mass is 578 g/mol. The number of carbonyl (C=O) groups excluding carboxylic acids is 3. The second kappa shape index (κ2) is 12.4. The molecule has 8 nitrogen and oxygen atoms in total. The highest BCUT2D eigenvalue weighted by Gasteiger charge is 2.38. The maximum atomic E-state index is 13.3. The van der Waals surface area contributed by atoms with Crippen LogP contribution in [0.2, 0.25) is 15.1 Å². The van der Waals surface area contributed by atoms with E-state index in [9.17, 15) is 14.4 Å². The number of halogens is 3. The minimum atomic E-state index is -0.825. The van der Waals surface area contributed by atoms with Crippen molar-refractivity contribution < 1.29 is 19.1 Å². The Kier molecular flexibility index (Phi) is 9.20. The van der Waals surface area contributed by atoms with Gasteiger partial charge in [0, 0.05) is 56.1 Å². The average Bonchev–Trinajstić information content (AvgIpc) is 3.14. The lowest BCUT2D eigenvalue weighted by atomic mass is 9.94. The number of rotatable bonds is 6. The van der Waals surface area contributed by atoms with Crippen LogP contribution >= 0.6 is 34.8 Å². The van der Waals surface area contributed by atoms with Crippen LogP contribution in [0.4, 0.5) is 4.79 Å². The minimum absolute atomic E-state index is 0.0558. The summed E-state index contributed by atoms with van der Waals surface area (Å²) in [6.45, 7) is 4.57. The molecule has 11 heteroatoms. The van der Waals surface area contributed by atoms with E-state index in [1.54, 1.807) is 56.4 Å². The molecule has 3 amide bonds. The van der Waals surface area contributed by atoms with Gasteiger partial charge in [0.1, 0.15) is 0 Å². The lowest BCUT2D eigenvalue weighted by Crippen LogP contribution is -2.49. The van der Waals surface area contributed by atoms with Crippen molar-refractivity contribution >= 4 is 52.7 Å². The third-order valence-corrected chi connectivity index (χ3v) is 7.79. The summed E-state index contributed by atoms with van der Waals surface area (Å²) in [7, 11) is 1.62. The predicted octanol–water partition coefficient (Wildman–Crippen LogP) is 5.01. The number of amides is 3. The zero-order chi connectivity index (χ0) is 27.4. The van der Waals surface area contributed by atoms with Gasteiger partial charge < -0.3 is 15.0 Å². The lowest BCUT2D eigenvalue weighted by Gasteiger charge is -2.37. The fourth-order valence-corrected chi connectivity index (χ4v) is 5.24. The Morgan fingerprint density at radius 2 is 1.76 bits per heavy atom. The van der Waals surface area contributed by atoms with Gasteiger partial charge in [-0.3, -0.25) is 14.6 Å². The first-order chi connectivity index (χ1) is 18.2. The summed E-state index contributed by atoms with van der Waals surface area (Å²) in [5.74, 6) is -0.593. The third-order valence-electron chi connectivity index (χ3n) is 6.70. The quantitative estimate of drug-likeness (QED) is 0.487. The summed E-state index contributed by atoms with van der Waals surface area (Å²) < 4.78 is 5.41. The number of urea groups is 1. The van der Waals surface area contributed by atoms with E-state index in [1.807, 2.05) is 4.90 Å². The Morgan fingerprint density at radius 1 is 1.03 bits per heavy atom. The number of esters is 1. The number of benzene rings is 2. The number of hydrogen-bond donors (Lipinski definition) is 1. The fourth-order valence-electron chi connectivity index (χ4n) is 4.69. The zero-order valence-corrected chi connectivity index (χ0v) is 23.4. The van der Waals surface area contributed by atoms with Gasteiger partial charge in [-0.25, -0.2) is 9.59 Å². The molecule has 0 radical (unpaired) electrons. The van der Waals surface area contributed by atoms with Crippen molar-refractivity contribution in [2.75, 3.05) is 46.4 Å². The molecule has 2 aromatic rings. The second-order valence-corrected chi connectivity index (χ2v) is 10.3. The molecule has 0 spiro atoms. The van der Waals surface area contributed by atoms with E-state index in [4.69, 9.17) is 39.5 Å². The maximum Gasteiger partial charge on any atom is 0.338 e. The first-order valence-electron chi connectivity index (χ1n) is 12.4. The number of likely N-dealkylation sites (N-methyl/N-ethyl adjacent to an activating group) is 1. The largest absolute Gasteiger partial charge is 0.463 e. The Morgan fingerprint density at radius 3 is 2.47 bits per heavy atom. The van der Waals surface area contributed by atoms with Gasteiger partial charge in [0.05, 0.1) is 28.3 Å². The van der Waals surface area contributed by atoms with Crippen LogP contribution in [0.15, 0.2) is 53.7 Å². The predicted molar refractivity (Wildman–Crippen MR) is 148 cm³/mol. The summed E-state index contributed by atoms with van der Waals surface area (Å²) in [5, 5.41) is 4.02. The molecule has 0 aromatic heterocycles. The Labute approximate surface area is 237 Å². The normalized spacial score (nSPS) is 18.8. The molecule has 2 aliphatic rings. The van der Waals surface area contributed by atoms with Crippen LogP contribution in [0, 0.1) is 0 Å². The first-order valence-corrected chi connectivity index (χ1v) is 13.5. The molecule has 0 saturated carbocycles. The molecular formula is C27H29Cl3N4O4. The zero-order valence-electron chi connectivity index (χ0n) is 21.2. The van der Waals surface area contributed by atoms with Crippen molar-refractivity contribution in [2.24, 2.45) is 0 Å². The van der Waals surface area contributed by atoms with Gasteiger partial charge in [0.2, 0.25) is 0 Å². The molecule has 2 aliphatic heterocycles. The molecule has 202 valence electrons. The molecule has 0 bridgehead atoms. The molecule has 1 atom stereocenters. The standard InChI is InChI=1S/C27H29Cl3N4O4/c1-3-38-26(36)22-21(32(2)27(37)31-24(22)19-6-4-7-20(29)23(19)30)16-33-12-5-13-34(15-14-33)25(35)17-8-10-18(28)11-9-17/h4,6-11,24H,3,5,12-16H2,1-2H3,(H,31,37)/t24-/m1/s1. The van der Waals surface area contributed by atoms with Crippen LogP contribution in [0.25, 0.3) is 0 Å². The first kappa shape index (κ1) is 28.2. The Hall–Kier alpha value is -2.78. The van der Waals surface area contributed by atoms with Gasteiger partial charge in [-0.05, 0) is 49.2 Å². The van der Waals surface area contributed by atoms with E-state index < -0.39 is 12.0 Å². The highest BCUT2D eigenvalue weighted by atomic mass is 35.5. The molecule has 1 saturated heterocycles. The van der Waals surface area contributed by atoms with Gasteiger partial charge in [0.15, 0.2) is 0 Å². The topological polar surface area (TPSA) is 82.2 Å². The van der Waals surface area contributed by atoms with Crippen molar-refractivity contribution in [3.8, 4) is 0 Å². The van der Waals surface area contributed by atoms with Gasteiger partial charge >= 0.3 is 12.0 Å². The van der Waals surface area contributed by atoms with Crippen LogP contribution in [0.3, 0.4) is 0 Å². The van der Waals surface area contributed by atoms with E-state index in [2.05, 4.69) is 10.2 Å². The number of nitrogens with one attached hydrogen (secondary N) is 1. The summed E-state index contributed by atoms with van der Waals surface area (Å²) in [5.41, 5.74) is 1.92. The minimum Gasteiger partial charge on any atom is -0.463 e. The molecule has 1 N–H and O–H groups in total. The summed E-state index contributed by atoms with van der Waals surface area (Å²) in [6, 6.07) is 10.8. The van der Waals surface area contributed by atoms with Crippen molar-refractivity contribution in [1.29, 1.82) is 0 Å². The van der Waals surface area contributed by atoms with Gasteiger partial charge in [0.25, 0.3) is 5.91 Å². The van der Waals surface area contributed by atoms with Gasteiger partial charge in [-0.1, -0.05) is 46.9 Å². The molecular weight excluding hydrogens is 551 g/mol. The maximum absolute atomic E-state index is 13.3. The molecule has 0 aliphatic carbocycles. The Balaban J connectivity index is 1.61. The summed E-state index contributed by atoms with van der Waals surface area (Å²) in [4.78, 5) is 44.7. The SMILES string of the molecule is CCOC(=O)C1=C(CN2CCCN(C(=O)c3ccc(Cl)cc3)CC2)N(C)C(=O)N[C@@H]1c1cccc(Cl)c1Cl. The molecule has 1 fully saturated rings. The molecule has 38 heavy (non-hydrogen) atoms. The van der Waals surface area contributed by atoms with Gasteiger partial charge in [-0.15, -0.1) is 0 Å². The van der Waals surface area contributed by atoms with Crippen LogP contribution < -0.4 is 5.32 Å². The third kappa shape index (κ3) is 6.10. The van der Waals surface area contributed by atoms with Crippen molar-refractivity contribution in [1.82, 2.24) is 20.0 Å². The molecule has 0 unspecified atom stereocenters. The molecule has 4 rings (SSSR count). The summed E-state index contributed by atoms with van der Waals surface area (Å²) >= 11 is 18.7. The number of hydrogen-bond acceptors (Lipinski definition) is 5. The van der Waals surface area contributed by atoms with E-state index in [0.717, 1.165) is 6.42 Å². The second-order valence-electron chi connectivity index (χ2n) is 9.09. The van der Waals surface area contributed by atoms with Crippen LogP contribution in [0.5, 0.6) is 0 Å². The number of carbonyl (C=O) groups is 3. The van der Waals surface area contributed by atoms with Crippen LogP contribution in [-0.2, 0) is 9.53 Å².